The maximum atomic E-state index is 14.2. The van der Waals surface area contributed by atoms with E-state index in [0.717, 1.165) is 6.42 Å². The van der Waals surface area contributed by atoms with E-state index in [1.165, 1.54) is 0 Å². The molecular weight excluding hydrogens is 460 g/mol. The summed E-state index contributed by atoms with van der Waals surface area (Å²) in [5, 5.41) is 10.4. The van der Waals surface area contributed by atoms with E-state index in [1.54, 1.807) is 22.0 Å². The third-order valence-corrected chi connectivity index (χ3v) is 8.08. The molecule has 1 spiro atoms. The molecule has 2 amide bonds. The Kier molecular flexibility index (Phi) is 8.71. The van der Waals surface area contributed by atoms with Crippen molar-refractivity contribution in [1.82, 2.24) is 9.80 Å². The topological polar surface area (TPSA) is 96.4 Å². The van der Waals surface area contributed by atoms with Crippen LogP contribution in [-0.2, 0) is 23.9 Å². The monoisotopic (exact) mass is 504 g/mol. The van der Waals surface area contributed by atoms with E-state index < -0.39 is 41.1 Å². The third kappa shape index (κ3) is 4.74. The molecule has 0 aromatic heterocycles. The highest BCUT2D eigenvalue weighted by atomic mass is 16.6. The third-order valence-electron chi connectivity index (χ3n) is 8.08. The fraction of sp³-hybridized carbons (Fsp3) is 0.750. The fourth-order valence-corrected chi connectivity index (χ4v) is 6.56. The summed E-state index contributed by atoms with van der Waals surface area (Å²) < 4.78 is 12.3. The number of likely N-dealkylation sites (tertiary alicyclic amines) is 1. The molecule has 0 aromatic rings. The van der Waals surface area contributed by atoms with Crippen LogP contribution in [-0.4, -0.2) is 81.8 Å². The summed E-state index contributed by atoms with van der Waals surface area (Å²) in [5.74, 6) is -2.41. The molecule has 0 aliphatic carbocycles. The van der Waals surface area contributed by atoms with E-state index in [0.29, 0.717) is 32.2 Å². The molecule has 3 saturated heterocycles. The molecule has 202 valence electrons. The Hall–Kier alpha value is -2.19. The van der Waals surface area contributed by atoms with Crippen molar-refractivity contribution in [3.05, 3.63) is 25.3 Å². The van der Waals surface area contributed by atoms with Gasteiger partial charge in [0.05, 0.1) is 30.8 Å². The van der Waals surface area contributed by atoms with Gasteiger partial charge in [-0.25, -0.2) is 0 Å². The first kappa shape index (κ1) is 28.4. The smallest absolute Gasteiger partial charge is 0.312 e. The average Bonchev–Trinajstić information content (AvgIpc) is 3.38. The van der Waals surface area contributed by atoms with Crippen molar-refractivity contribution in [2.75, 3.05) is 19.8 Å². The molecule has 8 heteroatoms. The normalized spacial score (nSPS) is 31.6. The number of unbranched alkanes of at least 4 members (excludes halogenated alkanes) is 1. The molecule has 36 heavy (non-hydrogen) atoms. The Labute approximate surface area is 215 Å². The number of hydrogen-bond acceptors (Lipinski definition) is 6. The lowest BCUT2D eigenvalue weighted by Gasteiger charge is -2.40. The van der Waals surface area contributed by atoms with Gasteiger partial charge in [0.15, 0.2) is 0 Å². The first-order valence-electron chi connectivity index (χ1n) is 13.3. The maximum Gasteiger partial charge on any atom is 0.312 e. The SMILES string of the molecule is C=CCCCOC(=O)[C@@H]1[C@H]2C(=O)N([C@@H](CO)CC(C)C)C(C(=O)N(CC=C)C(C)C)C23CC[C@@]1(C)O3. The zero-order valence-corrected chi connectivity index (χ0v) is 22.6. The molecule has 0 aromatic carbocycles. The minimum Gasteiger partial charge on any atom is -0.465 e. The summed E-state index contributed by atoms with van der Waals surface area (Å²) in [6.45, 7) is 17.5. The molecule has 2 bridgehead atoms. The predicted molar refractivity (Wildman–Crippen MR) is 137 cm³/mol. The quantitative estimate of drug-likeness (QED) is 0.235. The van der Waals surface area contributed by atoms with Crippen molar-refractivity contribution >= 4 is 17.8 Å². The number of rotatable bonds is 13. The molecule has 3 fully saturated rings. The number of hydrogen-bond donors (Lipinski definition) is 1. The van der Waals surface area contributed by atoms with E-state index in [9.17, 15) is 19.5 Å². The standard InChI is InChI=1S/C28H44N2O6/c1-8-10-11-15-35-26(34)22-21-24(32)30(20(17-31)16-18(3)4)23(25(33)29(14-9-2)19(5)6)28(21)13-12-27(22,7)36-28/h8-9,18-23,31H,1-2,10-17H2,3-7H3/t20-,21+,22+,23?,27-,28?/m1/s1. The fourth-order valence-electron chi connectivity index (χ4n) is 6.56. The van der Waals surface area contributed by atoms with Crippen molar-refractivity contribution < 1.29 is 29.0 Å². The number of allylic oxidation sites excluding steroid dienone is 1. The van der Waals surface area contributed by atoms with Crippen molar-refractivity contribution in [2.24, 2.45) is 17.8 Å². The van der Waals surface area contributed by atoms with Crippen LogP contribution < -0.4 is 0 Å². The molecule has 1 N–H and O–H groups in total. The maximum absolute atomic E-state index is 14.2. The lowest BCUT2D eigenvalue weighted by Crippen LogP contribution is -2.60. The van der Waals surface area contributed by atoms with Crippen LogP contribution in [0.1, 0.15) is 66.7 Å². The van der Waals surface area contributed by atoms with E-state index in [4.69, 9.17) is 9.47 Å². The number of nitrogens with zero attached hydrogens (tertiary/aromatic N) is 2. The molecule has 3 heterocycles. The van der Waals surface area contributed by atoms with Gasteiger partial charge < -0.3 is 24.4 Å². The van der Waals surface area contributed by atoms with Crippen LogP contribution in [0.2, 0.25) is 0 Å². The number of esters is 1. The molecule has 0 saturated carbocycles. The molecule has 2 unspecified atom stereocenters. The molecule has 6 atom stereocenters. The number of aliphatic hydroxyl groups excluding tert-OH is 1. The van der Waals surface area contributed by atoms with Crippen LogP contribution >= 0.6 is 0 Å². The Morgan fingerprint density at radius 2 is 1.94 bits per heavy atom. The van der Waals surface area contributed by atoms with Crippen LogP contribution in [0.5, 0.6) is 0 Å². The first-order chi connectivity index (χ1) is 17.0. The van der Waals surface area contributed by atoms with Crippen molar-refractivity contribution in [3.8, 4) is 0 Å². The van der Waals surface area contributed by atoms with E-state index in [1.807, 2.05) is 34.6 Å². The van der Waals surface area contributed by atoms with Crippen LogP contribution in [0.3, 0.4) is 0 Å². The van der Waals surface area contributed by atoms with Gasteiger partial charge in [0.2, 0.25) is 11.8 Å². The van der Waals surface area contributed by atoms with Gasteiger partial charge in [-0.3, -0.25) is 14.4 Å². The lowest BCUT2D eigenvalue weighted by molar-refractivity contribution is -0.162. The average molecular weight is 505 g/mol. The molecule has 0 radical (unpaired) electrons. The second-order valence-electron chi connectivity index (χ2n) is 11.4. The van der Waals surface area contributed by atoms with Gasteiger partial charge in [0.25, 0.3) is 0 Å². The largest absolute Gasteiger partial charge is 0.465 e. The van der Waals surface area contributed by atoms with Gasteiger partial charge in [-0.05, 0) is 58.8 Å². The van der Waals surface area contributed by atoms with Crippen LogP contribution in [0.25, 0.3) is 0 Å². The highest BCUT2D eigenvalue weighted by Crippen LogP contribution is 2.63. The summed E-state index contributed by atoms with van der Waals surface area (Å²) in [6, 6.07) is -1.60. The Morgan fingerprint density at radius 3 is 2.50 bits per heavy atom. The Bertz CT molecular complexity index is 872. The summed E-state index contributed by atoms with van der Waals surface area (Å²) >= 11 is 0. The van der Waals surface area contributed by atoms with E-state index >= 15 is 0 Å². The minimum atomic E-state index is -1.13. The summed E-state index contributed by atoms with van der Waals surface area (Å²) in [7, 11) is 0. The van der Waals surface area contributed by atoms with Gasteiger partial charge in [-0.15, -0.1) is 13.2 Å². The van der Waals surface area contributed by atoms with Gasteiger partial charge in [-0.2, -0.15) is 0 Å². The molecule has 3 aliphatic heterocycles. The van der Waals surface area contributed by atoms with Crippen molar-refractivity contribution in [3.63, 3.8) is 0 Å². The van der Waals surface area contributed by atoms with Gasteiger partial charge >= 0.3 is 5.97 Å². The highest BCUT2D eigenvalue weighted by Gasteiger charge is 2.79. The second kappa shape index (κ2) is 11.1. The van der Waals surface area contributed by atoms with Gasteiger partial charge in [0, 0.05) is 12.6 Å². The van der Waals surface area contributed by atoms with Crippen molar-refractivity contribution in [2.45, 2.75) is 96.1 Å². The molecule has 3 aliphatic rings. The molecular formula is C28H44N2O6. The Balaban J connectivity index is 2.06. The van der Waals surface area contributed by atoms with Gasteiger partial charge in [0.1, 0.15) is 17.6 Å². The number of carbonyl (C=O) groups is 3. The first-order valence-corrected chi connectivity index (χ1v) is 13.3. The van der Waals surface area contributed by atoms with E-state index in [2.05, 4.69) is 13.2 Å². The number of amides is 2. The van der Waals surface area contributed by atoms with Crippen molar-refractivity contribution in [1.29, 1.82) is 0 Å². The Morgan fingerprint density at radius 1 is 1.25 bits per heavy atom. The van der Waals surface area contributed by atoms with Crippen LogP contribution in [0.15, 0.2) is 25.3 Å². The number of aliphatic hydroxyl groups is 1. The highest BCUT2D eigenvalue weighted by molar-refractivity contribution is 5.98. The number of carbonyl (C=O) groups excluding carboxylic acids is 3. The number of ether oxygens (including phenoxy) is 2. The number of fused-ring (bicyclic) bond motifs is 1. The summed E-state index contributed by atoms with van der Waals surface area (Å²) in [5.41, 5.74) is -2.01. The molecule has 3 rings (SSSR count). The zero-order chi connectivity index (χ0) is 26.8. The second-order valence-corrected chi connectivity index (χ2v) is 11.4. The van der Waals surface area contributed by atoms with E-state index in [-0.39, 0.29) is 37.0 Å². The summed E-state index contributed by atoms with van der Waals surface area (Å²) in [4.78, 5) is 45.0. The van der Waals surface area contributed by atoms with Crippen LogP contribution in [0, 0.1) is 17.8 Å². The zero-order valence-electron chi connectivity index (χ0n) is 22.6. The molecule has 8 nitrogen and oxygen atoms in total. The predicted octanol–water partition coefficient (Wildman–Crippen LogP) is 3.09. The van der Waals surface area contributed by atoms with Gasteiger partial charge in [-0.1, -0.05) is 26.0 Å². The minimum absolute atomic E-state index is 0.125. The summed E-state index contributed by atoms with van der Waals surface area (Å²) in [6.07, 6.45) is 6.40. The lowest BCUT2D eigenvalue weighted by atomic mass is 9.66. The van der Waals surface area contributed by atoms with Crippen LogP contribution in [0.4, 0.5) is 0 Å².